The first-order valence-electron chi connectivity index (χ1n) is 11.0. The van der Waals surface area contributed by atoms with Crippen molar-refractivity contribution in [1.82, 2.24) is 10.2 Å². The van der Waals surface area contributed by atoms with Crippen LogP contribution in [-0.4, -0.2) is 41.4 Å². The van der Waals surface area contributed by atoms with Crippen molar-refractivity contribution >= 4 is 11.8 Å². The molecule has 5 heteroatoms. The summed E-state index contributed by atoms with van der Waals surface area (Å²) in [7, 11) is 0. The van der Waals surface area contributed by atoms with Crippen LogP contribution < -0.4 is 10.1 Å². The average molecular weight is 425 g/mol. The lowest BCUT2D eigenvalue weighted by atomic mass is 10.1. The van der Waals surface area contributed by atoms with E-state index in [1.54, 1.807) is 4.90 Å². The molecule has 0 saturated carbocycles. The lowest BCUT2D eigenvalue weighted by Crippen LogP contribution is -2.54. The van der Waals surface area contributed by atoms with E-state index in [0.29, 0.717) is 25.1 Å². The highest BCUT2D eigenvalue weighted by molar-refractivity contribution is 5.88. The first kappa shape index (κ1) is 24.4. The van der Waals surface area contributed by atoms with Crippen molar-refractivity contribution < 1.29 is 14.3 Å². The molecule has 31 heavy (non-hydrogen) atoms. The average Bonchev–Trinajstić information content (AvgIpc) is 2.71. The van der Waals surface area contributed by atoms with Gasteiger partial charge in [0.2, 0.25) is 5.91 Å². The Bertz CT molecular complexity index is 872. The number of aryl methyl sites for hydroxylation is 1. The Labute approximate surface area is 186 Å². The molecule has 0 bridgehead atoms. The molecular weight excluding hydrogens is 388 g/mol. The molecule has 0 saturated heterocycles. The van der Waals surface area contributed by atoms with Gasteiger partial charge in [-0.2, -0.15) is 0 Å². The summed E-state index contributed by atoms with van der Waals surface area (Å²) in [5.74, 6) is 0.374. The van der Waals surface area contributed by atoms with Gasteiger partial charge in [0, 0.05) is 12.1 Å². The highest BCUT2D eigenvalue weighted by Gasteiger charge is 2.30. The fraction of sp³-hybridized carbons (Fsp3) is 0.462. The Morgan fingerprint density at radius 2 is 1.71 bits per heavy atom. The van der Waals surface area contributed by atoms with Gasteiger partial charge in [0.15, 0.2) is 6.61 Å². The number of ether oxygens (including phenoxy) is 1. The van der Waals surface area contributed by atoms with Crippen molar-refractivity contribution in [1.29, 1.82) is 0 Å². The fourth-order valence-electron chi connectivity index (χ4n) is 3.45. The first-order valence-corrected chi connectivity index (χ1v) is 11.0. The second kappa shape index (κ2) is 11.0. The number of nitrogens with one attached hydrogen (secondary N) is 1. The quantitative estimate of drug-likeness (QED) is 0.647. The molecular formula is C26H36N2O3. The van der Waals surface area contributed by atoms with Crippen LogP contribution in [0.3, 0.4) is 0 Å². The third-order valence-corrected chi connectivity index (χ3v) is 5.27. The second-order valence-electron chi connectivity index (χ2n) is 8.97. The van der Waals surface area contributed by atoms with E-state index in [9.17, 15) is 9.59 Å². The monoisotopic (exact) mass is 424 g/mol. The van der Waals surface area contributed by atoms with Gasteiger partial charge in [-0.3, -0.25) is 9.59 Å². The predicted octanol–water partition coefficient (Wildman–Crippen LogP) is 4.45. The number of amides is 2. The fourth-order valence-corrected chi connectivity index (χ4v) is 3.45. The number of benzene rings is 2. The number of hydrogen-bond acceptors (Lipinski definition) is 3. The largest absolute Gasteiger partial charge is 0.483 e. The van der Waals surface area contributed by atoms with Gasteiger partial charge in [-0.1, -0.05) is 49.4 Å². The van der Waals surface area contributed by atoms with Crippen molar-refractivity contribution in [2.45, 2.75) is 66.0 Å². The molecule has 0 radical (unpaired) electrons. The molecule has 2 rings (SSSR count). The van der Waals surface area contributed by atoms with E-state index < -0.39 is 6.04 Å². The van der Waals surface area contributed by atoms with Gasteiger partial charge < -0.3 is 15.0 Å². The Morgan fingerprint density at radius 1 is 1.03 bits per heavy atom. The Hall–Kier alpha value is -2.82. The van der Waals surface area contributed by atoms with Crippen molar-refractivity contribution in [3.05, 3.63) is 65.2 Å². The van der Waals surface area contributed by atoms with Gasteiger partial charge in [-0.15, -0.1) is 0 Å². The van der Waals surface area contributed by atoms with Crippen LogP contribution in [0.5, 0.6) is 5.75 Å². The first-order chi connectivity index (χ1) is 14.6. The molecule has 0 aromatic heterocycles. The SMILES string of the molecule is CC[C@@H](C(=O)NC(C)(C)C)N(CCc1ccccc1)C(=O)COc1cccc(C)c1C. The molecule has 2 aromatic rings. The summed E-state index contributed by atoms with van der Waals surface area (Å²) in [6.07, 6.45) is 1.21. The van der Waals surface area contributed by atoms with E-state index in [2.05, 4.69) is 5.32 Å². The van der Waals surface area contributed by atoms with Crippen LogP contribution >= 0.6 is 0 Å². The highest BCUT2D eigenvalue weighted by atomic mass is 16.5. The molecule has 2 amide bonds. The minimum Gasteiger partial charge on any atom is -0.483 e. The molecule has 0 aliphatic rings. The van der Waals surface area contributed by atoms with Crippen LogP contribution in [0.2, 0.25) is 0 Å². The van der Waals surface area contributed by atoms with E-state index >= 15 is 0 Å². The molecule has 0 aliphatic heterocycles. The summed E-state index contributed by atoms with van der Waals surface area (Å²) in [6.45, 7) is 12.1. The zero-order chi connectivity index (χ0) is 23.0. The van der Waals surface area contributed by atoms with Gasteiger partial charge >= 0.3 is 0 Å². The summed E-state index contributed by atoms with van der Waals surface area (Å²) in [4.78, 5) is 27.9. The topological polar surface area (TPSA) is 58.6 Å². The lowest BCUT2D eigenvalue weighted by molar-refractivity contribution is -0.142. The summed E-state index contributed by atoms with van der Waals surface area (Å²) in [5, 5.41) is 3.02. The van der Waals surface area contributed by atoms with Crippen LogP contribution in [0.25, 0.3) is 0 Å². The Morgan fingerprint density at radius 3 is 2.32 bits per heavy atom. The van der Waals surface area contributed by atoms with Gasteiger partial charge in [0.05, 0.1) is 0 Å². The van der Waals surface area contributed by atoms with Gasteiger partial charge in [-0.05, 0) is 70.2 Å². The second-order valence-corrected chi connectivity index (χ2v) is 8.97. The van der Waals surface area contributed by atoms with Crippen LogP contribution in [0.15, 0.2) is 48.5 Å². The predicted molar refractivity (Wildman–Crippen MR) is 125 cm³/mol. The molecule has 5 nitrogen and oxygen atoms in total. The molecule has 168 valence electrons. The molecule has 1 N–H and O–H groups in total. The zero-order valence-corrected chi connectivity index (χ0v) is 19.7. The van der Waals surface area contributed by atoms with E-state index in [0.717, 1.165) is 16.7 Å². The highest BCUT2D eigenvalue weighted by Crippen LogP contribution is 2.21. The smallest absolute Gasteiger partial charge is 0.261 e. The van der Waals surface area contributed by atoms with Crippen molar-refractivity contribution in [2.24, 2.45) is 0 Å². The maximum Gasteiger partial charge on any atom is 0.261 e. The molecule has 0 spiro atoms. The van der Waals surface area contributed by atoms with Crippen molar-refractivity contribution in [2.75, 3.05) is 13.2 Å². The van der Waals surface area contributed by atoms with Crippen LogP contribution in [0.1, 0.15) is 50.8 Å². The molecule has 2 aromatic carbocycles. The molecule has 0 fully saturated rings. The van der Waals surface area contributed by atoms with E-state index in [-0.39, 0.29) is 24.0 Å². The molecule has 0 heterocycles. The Balaban J connectivity index is 2.18. The summed E-state index contributed by atoms with van der Waals surface area (Å²) >= 11 is 0. The zero-order valence-electron chi connectivity index (χ0n) is 19.7. The number of hydrogen-bond donors (Lipinski definition) is 1. The van der Waals surface area contributed by atoms with Gasteiger partial charge in [-0.25, -0.2) is 0 Å². The Kier molecular flexibility index (Phi) is 8.66. The molecule has 0 aliphatic carbocycles. The van der Waals surface area contributed by atoms with E-state index in [1.165, 1.54) is 0 Å². The van der Waals surface area contributed by atoms with Crippen LogP contribution in [-0.2, 0) is 16.0 Å². The minimum absolute atomic E-state index is 0.0988. The van der Waals surface area contributed by atoms with E-state index in [1.807, 2.05) is 90.1 Å². The number of rotatable bonds is 9. The minimum atomic E-state index is -0.544. The van der Waals surface area contributed by atoms with Gasteiger partial charge in [0.1, 0.15) is 11.8 Å². The van der Waals surface area contributed by atoms with Crippen LogP contribution in [0, 0.1) is 13.8 Å². The maximum absolute atomic E-state index is 13.2. The normalized spacial score (nSPS) is 12.2. The third kappa shape index (κ3) is 7.42. The van der Waals surface area contributed by atoms with E-state index in [4.69, 9.17) is 4.74 Å². The maximum atomic E-state index is 13.2. The summed E-state index contributed by atoms with van der Waals surface area (Å²) in [6, 6.07) is 15.3. The van der Waals surface area contributed by atoms with Gasteiger partial charge in [0.25, 0.3) is 5.91 Å². The number of carbonyl (C=O) groups is 2. The molecule has 1 atom stereocenters. The number of carbonyl (C=O) groups excluding carboxylic acids is 2. The van der Waals surface area contributed by atoms with Crippen molar-refractivity contribution in [3.8, 4) is 5.75 Å². The molecule has 0 unspecified atom stereocenters. The number of nitrogens with zero attached hydrogens (tertiary/aromatic N) is 1. The van der Waals surface area contributed by atoms with Crippen LogP contribution in [0.4, 0.5) is 0 Å². The standard InChI is InChI=1S/C26H36N2O3/c1-7-22(25(30)27-26(4,5)6)28(17-16-21-13-9-8-10-14-21)24(29)18-31-23-15-11-12-19(2)20(23)3/h8-15,22H,7,16-18H2,1-6H3,(H,27,30)/t22-/m0/s1. The van der Waals surface area contributed by atoms with Crippen molar-refractivity contribution in [3.63, 3.8) is 0 Å². The summed E-state index contributed by atoms with van der Waals surface area (Å²) < 4.78 is 5.86. The lowest BCUT2D eigenvalue weighted by Gasteiger charge is -2.33. The third-order valence-electron chi connectivity index (χ3n) is 5.27. The summed E-state index contributed by atoms with van der Waals surface area (Å²) in [5.41, 5.74) is 2.89.